The molecule has 0 aliphatic carbocycles. The summed E-state index contributed by atoms with van der Waals surface area (Å²) in [6, 6.07) is 16.1. The monoisotopic (exact) mass is 653 g/mol. The third kappa shape index (κ3) is 8.53. The maximum atomic E-state index is 14.1. The zero-order valence-electron chi connectivity index (χ0n) is 23.6. The Bertz CT molecular complexity index is 1490. The Kier molecular flexibility index (Phi) is 12.4. The predicted molar refractivity (Wildman–Crippen MR) is 168 cm³/mol. The van der Waals surface area contributed by atoms with Gasteiger partial charge in [-0.2, -0.15) is 0 Å². The molecule has 1 N–H and O–H groups in total. The quantitative estimate of drug-likeness (QED) is 0.198. The van der Waals surface area contributed by atoms with Crippen LogP contribution in [0.2, 0.25) is 15.1 Å². The number of ether oxygens (including phenoxy) is 1. The lowest BCUT2D eigenvalue weighted by Gasteiger charge is -2.32. The number of hydrogen-bond acceptors (Lipinski definition) is 5. The lowest BCUT2D eigenvalue weighted by molar-refractivity contribution is -0.139. The number of halogens is 3. The molecule has 3 aromatic carbocycles. The first-order valence-electron chi connectivity index (χ1n) is 13.5. The van der Waals surface area contributed by atoms with E-state index >= 15 is 0 Å². The van der Waals surface area contributed by atoms with Crippen LogP contribution in [0, 0.1) is 0 Å². The molecular weight excluding hydrogens is 621 g/mol. The van der Waals surface area contributed by atoms with E-state index in [1.807, 2.05) is 6.92 Å². The van der Waals surface area contributed by atoms with Gasteiger partial charge in [-0.15, -0.1) is 0 Å². The molecule has 0 saturated heterocycles. The van der Waals surface area contributed by atoms with Crippen molar-refractivity contribution in [2.24, 2.45) is 0 Å². The summed E-state index contributed by atoms with van der Waals surface area (Å²) in [6.07, 6.45) is 1.66. The first-order valence-corrected chi connectivity index (χ1v) is 16.1. The Morgan fingerprint density at radius 2 is 1.62 bits per heavy atom. The second-order valence-electron chi connectivity index (χ2n) is 9.44. The van der Waals surface area contributed by atoms with Crippen LogP contribution in [0.15, 0.2) is 71.6 Å². The van der Waals surface area contributed by atoms with Gasteiger partial charge in [-0.25, -0.2) is 8.42 Å². The van der Waals surface area contributed by atoms with Gasteiger partial charge >= 0.3 is 0 Å². The van der Waals surface area contributed by atoms with E-state index in [0.717, 1.165) is 17.1 Å². The Morgan fingerprint density at radius 3 is 2.26 bits per heavy atom. The molecule has 0 bridgehead atoms. The van der Waals surface area contributed by atoms with E-state index in [1.54, 1.807) is 56.3 Å². The number of carbonyl (C=O) groups is 2. The highest BCUT2D eigenvalue weighted by atomic mass is 35.5. The number of benzene rings is 3. The van der Waals surface area contributed by atoms with Crippen LogP contribution in [0.1, 0.15) is 39.2 Å². The second-order valence-corrected chi connectivity index (χ2v) is 12.6. The number of rotatable bonds is 14. The van der Waals surface area contributed by atoms with E-state index in [9.17, 15) is 18.0 Å². The van der Waals surface area contributed by atoms with E-state index in [4.69, 9.17) is 39.5 Å². The minimum atomic E-state index is -4.29. The van der Waals surface area contributed by atoms with Gasteiger partial charge in [0.15, 0.2) is 0 Å². The van der Waals surface area contributed by atoms with Crippen molar-refractivity contribution in [2.75, 3.05) is 24.0 Å². The van der Waals surface area contributed by atoms with Crippen molar-refractivity contribution < 1.29 is 22.7 Å². The first-order chi connectivity index (χ1) is 20.0. The van der Waals surface area contributed by atoms with Gasteiger partial charge in [-0.1, -0.05) is 66.3 Å². The summed E-state index contributed by atoms with van der Waals surface area (Å²) in [5, 5.41) is 3.94. The maximum Gasteiger partial charge on any atom is 0.264 e. The molecule has 0 spiro atoms. The summed E-state index contributed by atoms with van der Waals surface area (Å²) in [5.41, 5.74) is 0.719. The van der Waals surface area contributed by atoms with Gasteiger partial charge in [0.05, 0.1) is 17.2 Å². The molecule has 0 fully saturated rings. The van der Waals surface area contributed by atoms with Gasteiger partial charge in [0, 0.05) is 28.2 Å². The van der Waals surface area contributed by atoms with E-state index in [0.29, 0.717) is 27.2 Å². The number of hydrogen-bond donors (Lipinski definition) is 1. The first kappa shape index (κ1) is 33.5. The Balaban J connectivity index is 2.07. The second kappa shape index (κ2) is 15.5. The van der Waals surface area contributed by atoms with Crippen molar-refractivity contribution >= 4 is 62.3 Å². The number of para-hydroxylation sites is 2. The molecule has 1 unspecified atom stereocenters. The molecule has 0 heterocycles. The number of carbonyl (C=O) groups excluding carboxylic acids is 2. The molecule has 0 aliphatic heterocycles. The third-order valence-electron chi connectivity index (χ3n) is 6.47. The summed E-state index contributed by atoms with van der Waals surface area (Å²) < 4.78 is 34.8. The highest BCUT2D eigenvalue weighted by molar-refractivity contribution is 7.92. The number of nitrogens with zero attached hydrogens (tertiary/aromatic N) is 2. The predicted octanol–water partition coefficient (Wildman–Crippen LogP) is 6.57. The average molecular weight is 655 g/mol. The summed E-state index contributed by atoms with van der Waals surface area (Å²) >= 11 is 18.5. The lowest BCUT2D eigenvalue weighted by Crippen LogP contribution is -2.51. The van der Waals surface area contributed by atoms with Crippen LogP contribution in [0.4, 0.5) is 5.69 Å². The van der Waals surface area contributed by atoms with E-state index < -0.39 is 28.5 Å². The van der Waals surface area contributed by atoms with E-state index in [1.165, 1.54) is 29.2 Å². The molecule has 12 heteroatoms. The van der Waals surface area contributed by atoms with Gasteiger partial charge in [-0.05, 0) is 74.4 Å². The van der Waals surface area contributed by atoms with Gasteiger partial charge in [-0.3, -0.25) is 13.9 Å². The number of anilines is 1. The maximum absolute atomic E-state index is 14.1. The summed E-state index contributed by atoms with van der Waals surface area (Å²) in [5.74, 6) is -0.713. The minimum Gasteiger partial charge on any atom is -0.492 e. The molecule has 1 atom stereocenters. The SMILES string of the molecule is CCCCNC(=O)C(C)N(Cc1ccc(Cl)cc1Cl)C(=O)CN(c1ccccc1OCC)S(=O)(=O)c1ccc(Cl)cc1. The van der Waals surface area contributed by atoms with Gasteiger partial charge in [0.2, 0.25) is 11.8 Å². The molecular formula is C30H34Cl3N3O5S. The molecule has 8 nitrogen and oxygen atoms in total. The number of nitrogens with one attached hydrogen (secondary N) is 1. The molecule has 2 amide bonds. The van der Waals surface area contributed by atoms with Crippen LogP contribution in [0.5, 0.6) is 5.75 Å². The highest BCUT2D eigenvalue weighted by Gasteiger charge is 2.34. The van der Waals surface area contributed by atoms with Crippen LogP contribution in [0.3, 0.4) is 0 Å². The molecule has 3 rings (SSSR count). The molecule has 0 saturated carbocycles. The van der Waals surface area contributed by atoms with E-state index in [-0.39, 0.29) is 35.4 Å². The minimum absolute atomic E-state index is 0.0564. The van der Waals surface area contributed by atoms with Crippen molar-refractivity contribution in [3.63, 3.8) is 0 Å². The lowest BCUT2D eigenvalue weighted by atomic mass is 10.1. The topological polar surface area (TPSA) is 96.0 Å². The van der Waals surface area contributed by atoms with Crippen LogP contribution < -0.4 is 14.4 Å². The van der Waals surface area contributed by atoms with Crippen LogP contribution in [-0.2, 0) is 26.2 Å². The average Bonchev–Trinajstić information content (AvgIpc) is 2.96. The molecule has 0 radical (unpaired) electrons. The normalized spacial score (nSPS) is 12.0. The van der Waals surface area contributed by atoms with E-state index in [2.05, 4.69) is 5.32 Å². The van der Waals surface area contributed by atoms with Crippen molar-refractivity contribution in [3.8, 4) is 5.75 Å². The van der Waals surface area contributed by atoms with Crippen LogP contribution >= 0.6 is 34.8 Å². The Labute approximate surface area is 262 Å². The Morgan fingerprint density at radius 1 is 0.952 bits per heavy atom. The van der Waals surface area contributed by atoms with Gasteiger partial charge < -0.3 is 15.0 Å². The zero-order chi connectivity index (χ0) is 30.9. The zero-order valence-corrected chi connectivity index (χ0v) is 26.7. The summed E-state index contributed by atoms with van der Waals surface area (Å²) in [7, 11) is -4.29. The molecule has 0 aromatic heterocycles. The molecule has 0 aliphatic rings. The molecule has 226 valence electrons. The fourth-order valence-corrected chi connectivity index (χ4v) is 6.16. The third-order valence-corrected chi connectivity index (χ3v) is 9.08. The molecule has 3 aromatic rings. The fraction of sp³-hybridized carbons (Fsp3) is 0.333. The van der Waals surface area contributed by atoms with Gasteiger partial charge in [0.25, 0.3) is 10.0 Å². The standard InChI is InChI=1S/C30H34Cl3N3O5S/c1-4-6-17-34-30(38)21(3)35(19-22-11-12-24(32)18-26(22)33)29(37)20-36(27-9-7-8-10-28(27)41-5-2)42(39,40)25-15-13-23(31)14-16-25/h7-16,18,21H,4-6,17,19-20H2,1-3H3,(H,34,38). The van der Waals surface area contributed by atoms with Gasteiger partial charge in [0.1, 0.15) is 18.3 Å². The van der Waals surface area contributed by atoms with Crippen LogP contribution in [0.25, 0.3) is 0 Å². The highest BCUT2D eigenvalue weighted by Crippen LogP contribution is 2.33. The summed E-state index contributed by atoms with van der Waals surface area (Å²) in [4.78, 5) is 28.5. The Hall–Kier alpha value is -2.98. The number of sulfonamides is 1. The van der Waals surface area contributed by atoms with Crippen molar-refractivity contribution in [3.05, 3.63) is 87.4 Å². The smallest absolute Gasteiger partial charge is 0.264 e. The molecule has 42 heavy (non-hydrogen) atoms. The largest absolute Gasteiger partial charge is 0.492 e. The van der Waals surface area contributed by atoms with Crippen molar-refractivity contribution in [1.82, 2.24) is 10.2 Å². The summed E-state index contributed by atoms with van der Waals surface area (Å²) in [6.45, 7) is 5.42. The van der Waals surface area contributed by atoms with Crippen LogP contribution in [-0.4, -0.2) is 50.9 Å². The number of unbranched alkanes of at least 4 members (excludes halogenated alkanes) is 1. The number of amides is 2. The van der Waals surface area contributed by atoms with Crippen molar-refractivity contribution in [2.45, 2.75) is 51.1 Å². The van der Waals surface area contributed by atoms with Crippen molar-refractivity contribution in [1.29, 1.82) is 0 Å². The fourth-order valence-electron chi connectivity index (χ4n) is 4.14.